The van der Waals surface area contributed by atoms with Gasteiger partial charge in [-0.1, -0.05) is 29.8 Å². The summed E-state index contributed by atoms with van der Waals surface area (Å²) in [5, 5.41) is 3.71. The van der Waals surface area contributed by atoms with E-state index < -0.39 is 0 Å². The molecule has 1 aliphatic heterocycles. The van der Waals surface area contributed by atoms with Crippen LogP contribution in [-0.2, 0) is 0 Å². The number of halogens is 1. The highest BCUT2D eigenvalue weighted by Crippen LogP contribution is 2.32. The monoisotopic (exact) mass is 585 g/mol. The Kier molecular flexibility index (Phi) is 8.71. The molecular weight excluding hydrogens is 558 g/mol. The molecular formula is C30H28ClN7O2S. The minimum absolute atomic E-state index is 0.271. The number of amidine groups is 1. The Balaban J connectivity index is 1.26. The van der Waals surface area contributed by atoms with Crippen molar-refractivity contribution in [2.24, 2.45) is 16.5 Å². The van der Waals surface area contributed by atoms with Crippen LogP contribution in [0.3, 0.4) is 0 Å². The fourth-order valence-electron chi connectivity index (χ4n) is 3.89. The maximum atomic E-state index is 12.9. The van der Waals surface area contributed by atoms with Crippen molar-refractivity contribution in [3.05, 3.63) is 101 Å². The molecule has 1 aromatic heterocycles. The zero-order valence-corrected chi connectivity index (χ0v) is 23.8. The maximum absolute atomic E-state index is 12.9. The minimum atomic E-state index is -0.325. The number of nitrogens with zero attached hydrogens (tertiary/aromatic N) is 4. The lowest BCUT2D eigenvalue weighted by Crippen LogP contribution is -2.37. The number of hydrogen-bond acceptors (Lipinski definition) is 8. The highest BCUT2D eigenvalue weighted by Gasteiger charge is 2.18. The number of benzene rings is 3. The predicted molar refractivity (Wildman–Crippen MR) is 165 cm³/mol. The van der Waals surface area contributed by atoms with Crippen molar-refractivity contribution in [1.29, 1.82) is 0 Å². The van der Waals surface area contributed by atoms with Gasteiger partial charge in [0.1, 0.15) is 23.2 Å². The zero-order valence-electron chi connectivity index (χ0n) is 22.3. The number of rotatable bonds is 9. The first-order valence-electron chi connectivity index (χ1n) is 12.9. The molecule has 1 amide bonds. The van der Waals surface area contributed by atoms with Gasteiger partial charge in [-0.05, 0) is 79.7 Å². The number of para-hydroxylation sites is 1. The summed E-state index contributed by atoms with van der Waals surface area (Å²) in [4.78, 5) is 29.6. The number of aromatic nitrogens is 2. The molecule has 5 rings (SSSR count). The van der Waals surface area contributed by atoms with Crippen LogP contribution in [0.5, 0.6) is 11.5 Å². The average Bonchev–Trinajstić information content (AvgIpc) is 2.89. The summed E-state index contributed by atoms with van der Waals surface area (Å²) < 4.78 is 5.79. The molecule has 1 saturated heterocycles. The van der Waals surface area contributed by atoms with Gasteiger partial charge in [-0.25, -0.2) is 15.0 Å². The van der Waals surface area contributed by atoms with Crippen LogP contribution in [0.1, 0.15) is 23.7 Å². The highest BCUT2D eigenvalue weighted by atomic mass is 35.5. The second kappa shape index (κ2) is 12.8. The predicted octanol–water partition coefficient (Wildman–Crippen LogP) is 6.39. The van der Waals surface area contributed by atoms with Crippen molar-refractivity contribution in [2.75, 3.05) is 23.3 Å². The van der Waals surface area contributed by atoms with E-state index in [9.17, 15) is 4.79 Å². The lowest BCUT2D eigenvalue weighted by molar-refractivity contribution is 0.102. The van der Waals surface area contributed by atoms with Crippen LogP contribution >= 0.6 is 23.4 Å². The lowest BCUT2D eigenvalue weighted by atomic mass is 10.2. The van der Waals surface area contributed by atoms with Crippen LogP contribution in [0.25, 0.3) is 0 Å². The van der Waals surface area contributed by atoms with Crippen molar-refractivity contribution >= 4 is 52.4 Å². The minimum Gasteiger partial charge on any atom is -0.457 e. The molecule has 0 atom stereocenters. The van der Waals surface area contributed by atoms with E-state index >= 15 is 0 Å². The van der Waals surface area contributed by atoms with Gasteiger partial charge < -0.3 is 26.4 Å². The van der Waals surface area contributed by atoms with E-state index in [0.29, 0.717) is 44.4 Å². The van der Waals surface area contributed by atoms with Gasteiger partial charge in [0.05, 0.1) is 10.6 Å². The molecule has 2 heterocycles. The molecule has 11 heteroatoms. The Morgan fingerprint density at radius 2 is 1.78 bits per heavy atom. The number of hydrogen-bond donors (Lipinski definition) is 3. The molecule has 41 heavy (non-hydrogen) atoms. The van der Waals surface area contributed by atoms with E-state index in [-0.39, 0.29) is 11.7 Å². The third-order valence-corrected chi connectivity index (χ3v) is 7.15. The second-order valence-corrected chi connectivity index (χ2v) is 10.7. The maximum Gasteiger partial charge on any atom is 0.257 e. The molecule has 3 aromatic carbocycles. The molecule has 0 radical (unpaired) electrons. The fraction of sp³-hybridized carbons (Fsp3) is 0.133. The van der Waals surface area contributed by atoms with Crippen molar-refractivity contribution in [3.63, 3.8) is 0 Å². The quantitative estimate of drug-likeness (QED) is 0.117. The summed E-state index contributed by atoms with van der Waals surface area (Å²) in [7, 11) is 0. The van der Waals surface area contributed by atoms with E-state index in [1.165, 1.54) is 11.8 Å². The van der Waals surface area contributed by atoms with Crippen LogP contribution in [0, 0.1) is 0 Å². The molecule has 0 saturated carbocycles. The first-order valence-corrected chi connectivity index (χ1v) is 14.1. The molecule has 1 fully saturated rings. The van der Waals surface area contributed by atoms with Crippen molar-refractivity contribution in [2.45, 2.75) is 23.4 Å². The first kappa shape index (κ1) is 28.0. The largest absolute Gasteiger partial charge is 0.457 e. The Labute approximate surface area is 247 Å². The summed E-state index contributed by atoms with van der Waals surface area (Å²) in [6.07, 6.45) is 2.71. The van der Waals surface area contributed by atoms with Crippen molar-refractivity contribution < 1.29 is 9.53 Å². The van der Waals surface area contributed by atoms with Crippen LogP contribution < -0.4 is 26.4 Å². The third-order valence-electron chi connectivity index (χ3n) is 5.96. The molecule has 5 N–H and O–H groups in total. The topological polar surface area (TPSA) is 132 Å². The number of nitrogens with one attached hydrogen (secondary N) is 1. The van der Waals surface area contributed by atoms with E-state index in [2.05, 4.69) is 20.2 Å². The summed E-state index contributed by atoms with van der Waals surface area (Å²) >= 11 is 7.79. The number of anilines is 2. The molecule has 0 bridgehead atoms. The van der Waals surface area contributed by atoms with Gasteiger partial charge in [0.15, 0.2) is 11.0 Å². The van der Waals surface area contributed by atoms with Gasteiger partial charge in [-0.2, -0.15) is 0 Å². The Morgan fingerprint density at radius 1 is 1.02 bits per heavy atom. The number of aliphatic imine (C=N–C) groups is 1. The standard InChI is InChI=1S/C30H28ClN7O2S/c1-19(32)16-26(33)35-27-18-28(38-14-5-15-38)37-30(36-27)41-23-11-8-20(9-12-23)34-29(39)24-13-10-22(17-25(24)31)40-21-6-3-2-4-7-21/h2-4,6-13,16-18H,5,14-15,32H2,1H3,(H,34,39)(H2,33,35,36,37). The zero-order chi connectivity index (χ0) is 28.8. The van der Waals surface area contributed by atoms with E-state index in [4.69, 9.17) is 32.8 Å². The summed E-state index contributed by atoms with van der Waals surface area (Å²) in [6, 6.07) is 23.5. The summed E-state index contributed by atoms with van der Waals surface area (Å²) in [5.41, 5.74) is 13.2. The lowest BCUT2D eigenvalue weighted by Gasteiger charge is -2.32. The number of allylic oxidation sites excluding steroid dienone is 1. The van der Waals surface area contributed by atoms with E-state index in [1.54, 1.807) is 31.2 Å². The van der Waals surface area contributed by atoms with Gasteiger partial charge in [0.2, 0.25) is 0 Å². The van der Waals surface area contributed by atoms with Gasteiger partial charge >= 0.3 is 0 Å². The summed E-state index contributed by atoms with van der Waals surface area (Å²) in [6.45, 7) is 3.61. The number of ether oxygens (including phenoxy) is 1. The van der Waals surface area contributed by atoms with Crippen LogP contribution in [0.15, 0.2) is 106 Å². The number of nitrogens with two attached hydrogens (primary N) is 2. The van der Waals surface area contributed by atoms with E-state index in [0.717, 1.165) is 30.2 Å². The molecule has 0 aliphatic carbocycles. The van der Waals surface area contributed by atoms with Crippen molar-refractivity contribution in [3.8, 4) is 11.5 Å². The SMILES string of the molecule is CC(N)=CC(N)=Nc1cc(N2CCC2)nc(Sc2ccc(NC(=O)c3ccc(Oc4ccccc4)cc3Cl)cc2)n1. The van der Waals surface area contributed by atoms with Gasteiger partial charge in [0, 0.05) is 41.5 Å². The van der Waals surface area contributed by atoms with Gasteiger partial charge in [-0.3, -0.25) is 4.79 Å². The van der Waals surface area contributed by atoms with Crippen LogP contribution in [0.2, 0.25) is 5.02 Å². The molecule has 1 aliphatic rings. The number of carbonyl (C=O) groups is 1. The fourth-order valence-corrected chi connectivity index (χ4v) is 4.90. The van der Waals surface area contributed by atoms with Crippen LogP contribution in [-0.4, -0.2) is 34.8 Å². The normalized spacial score (nSPS) is 13.5. The number of carbonyl (C=O) groups excluding carboxylic acids is 1. The summed E-state index contributed by atoms with van der Waals surface area (Å²) in [5.74, 6) is 2.43. The molecule has 4 aromatic rings. The Morgan fingerprint density at radius 3 is 2.44 bits per heavy atom. The highest BCUT2D eigenvalue weighted by molar-refractivity contribution is 7.99. The smallest absolute Gasteiger partial charge is 0.257 e. The molecule has 0 spiro atoms. The Bertz CT molecular complexity index is 1600. The Hall–Kier alpha value is -4.54. The van der Waals surface area contributed by atoms with Crippen molar-refractivity contribution in [1.82, 2.24) is 9.97 Å². The van der Waals surface area contributed by atoms with Gasteiger partial charge in [-0.15, -0.1) is 0 Å². The van der Waals surface area contributed by atoms with E-state index in [1.807, 2.05) is 60.7 Å². The first-order chi connectivity index (χ1) is 19.8. The second-order valence-electron chi connectivity index (χ2n) is 9.27. The molecule has 208 valence electrons. The number of amides is 1. The molecule has 0 unspecified atom stereocenters. The third kappa shape index (κ3) is 7.56. The van der Waals surface area contributed by atoms with Crippen LogP contribution in [0.4, 0.5) is 17.3 Å². The average molecular weight is 586 g/mol. The molecule has 9 nitrogen and oxygen atoms in total. The van der Waals surface area contributed by atoms with Gasteiger partial charge in [0.25, 0.3) is 5.91 Å².